The lowest BCUT2D eigenvalue weighted by Crippen LogP contribution is -2.22. The number of carbonyl (C=O) groups excluding carboxylic acids is 1. The normalized spacial score (nSPS) is 16.5. The Kier molecular flexibility index (Phi) is 2.79. The first kappa shape index (κ1) is 11.5. The number of amides is 1. The Morgan fingerprint density at radius 2 is 2.16 bits per heavy atom. The molecule has 0 spiro atoms. The van der Waals surface area contributed by atoms with Crippen molar-refractivity contribution in [3.8, 4) is 5.75 Å². The smallest absolute Gasteiger partial charge is 0.235 e. The minimum absolute atomic E-state index is 0.100. The lowest BCUT2D eigenvalue weighted by Gasteiger charge is -2.10. The van der Waals surface area contributed by atoms with E-state index < -0.39 is 0 Å². The number of aromatic nitrogens is 1. The van der Waals surface area contributed by atoms with E-state index in [1.54, 1.807) is 12.1 Å². The fourth-order valence-corrected chi connectivity index (χ4v) is 2.09. The first-order valence-corrected chi connectivity index (χ1v) is 5.98. The van der Waals surface area contributed by atoms with Gasteiger partial charge in [-0.05, 0) is 18.2 Å². The second-order valence-corrected chi connectivity index (χ2v) is 4.36. The molecule has 0 aliphatic carbocycles. The molecule has 0 fully saturated rings. The standard InChI is InChI=1S/C14H13N3O2/c15-13-6-5-9(7-16-13)17-14(18)11-8-19-12-4-2-1-3-10(11)12/h1-7,11H,8H2,(H2,15,16)(H,17,18). The third-order valence-electron chi connectivity index (χ3n) is 3.07. The number of anilines is 2. The summed E-state index contributed by atoms with van der Waals surface area (Å²) in [6, 6.07) is 10.9. The fourth-order valence-electron chi connectivity index (χ4n) is 2.09. The SMILES string of the molecule is Nc1ccc(NC(=O)C2COc3ccccc32)cn1. The average Bonchev–Trinajstić information content (AvgIpc) is 2.85. The molecule has 1 unspecified atom stereocenters. The van der Waals surface area contributed by atoms with Crippen molar-refractivity contribution in [3.63, 3.8) is 0 Å². The summed E-state index contributed by atoms with van der Waals surface area (Å²) in [5.74, 6) is 0.816. The first-order valence-electron chi connectivity index (χ1n) is 5.98. The largest absolute Gasteiger partial charge is 0.492 e. The summed E-state index contributed by atoms with van der Waals surface area (Å²) >= 11 is 0. The molecule has 0 saturated heterocycles. The summed E-state index contributed by atoms with van der Waals surface area (Å²) < 4.78 is 5.49. The topological polar surface area (TPSA) is 77.2 Å². The highest BCUT2D eigenvalue weighted by Gasteiger charge is 2.29. The molecule has 2 heterocycles. The Morgan fingerprint density at radius 3 is 2.95 bits per heavy atom. The van der Waals surface area contributed by atoms with Crippen LogP contribution in [0.4, 0.5) is 11.5 Å². The molecule has 0 saturated carbocycles. The van der Waals surface area contributed by atoms with Gasteiger partial charge < -0.3 is 15.8 Å². The van der Waals surface area contributed by atoms with E-state index in [0.29, 0.717) is 18.1 Å². The predicted molar refractivity (Wildman–Crippen MR) is 72.0 cm³/mol. The number of pyridine rings is 1. The number of fused-ring (bicyclic) bond motifs is 1. The Balaban J connectivity index is 1.77. The van der Waals surface area contributed by atoms with Gasteiger partial charge in [0, 0.05) is 5.56 Å². The van der Waals surface area contributed by atoms with E-state index in [9.17, 15) is 4.79 Å². The van der Waals surface area contributed by atoms with Crippen molar-refractivity contribution in [2.45, 2.75) is 5.92 Å². The van der Waals surface area contributed by atoms with Crippen molar-refractivity contribution in [2.24, 2.45) is 0 Å². The summed E-state index contributed by atoms with van der Waals surface area (Å²) in [6.45, 7) is 0.369. The van der Waals surface area contributed by atoms with E-state index in [-0.39, 0.29) is 11.8 Å². The number of nitrogens with zero attached hydrogens (tertiary/aromatic N) is 1. The van der Waals surface area contributed by atoms with Crippen LogP contribution in [0.1, 0.15) is 11.5 Å². The van der Waals surface area contributed by atoms with Crippen LogP contribution in [0.2, 0.25) is 0 Å². The number of para-hydroxylation sites is 1. The third-order valence-corrected chi connectivity index (χ3v) is 3.07. The van der Waals surface area contributed by atoms with Gasteiger partial charge in [0.05, 0.1) is 11.9 Å². The maximum Gasteiger partial charge on any atom is 0.235 e. The fraction of sp³-hybridized carbons (Fsp3) is 0.143. The summed E-state index contributed by atoms with van der Waals surface area (Å²) in [4.78, 5) is 16.1. The molecule has 1 aliphatic rings. The van der Waals surface area contributed by atoms with Crippen LogP contribution < -0.4 is 15.8 Å². The molecule has 0 radical (unpaired) electrons. The van der Waals surface area contributed by atoms with E-state index in [2.05, 4.69) is 10.3 Å². The molecular weight excluding hydrogens is 242 g/mol. The van der Waals surface area contributed by atoms with Gasteiger partial charge in [0.25, 0.3) is 0 Å². The Morgan fingerprint density at radius 1 is 1.32 bits per heavy atom. The third kappa shape index (κ3) is 2.22. The Labute approximate surface area is 110 Å². The van der Waals surface area contributed by atoms with Gasteiger partial charge in [0.15, 0.2) is 0 Å². The van der Waals surface area contributed by atoms with Crippen LogP contribution >= 0.6 is 0 Å². The maximum absolute atomic E-state index is 12.2. The zero-order valence-electron chi connectivity index (χ0n) is 10.2. The highest BCUT2D eigenvalue weighted by Crippen LogP contribution is 2.34. The van der Waals surface area contributed by atoms with E-state index in [1.165, 1.54) is 6.20 Å². The molecule has 5 heteroatoms. The highest BCUT2D eigenvalue weighted by molar-refractivity contribution is 5.96. The van der Waals surface area contributed by atoms with Crippen molar-refractivity contribution in [1.82, 2.24) is 4.98 Å². The zero-order chi connectivity index (χ0) is 13.2. The predicted octanol–water partition coefficient (Wildman–Crippen LogP) is 1.78. The number of hydrogen-bond acceptors (Lipinski definition) is 4. The van der Waals surface area contributed by atoms with Gasteiger partial charge in [-0.25, -0.2) is 4.98 Å². The number of rotatable bonds is 2. The lowest BCUT2D eigenvalue weighted by molar-refractivity contribution is -0.117. The second kappa shape index (κ2) is 4.61. The van der Waals surface area contributed by atoms with Crippen LogP contribution in [0.15, 0.2) is 42.6 Å². The summed E-state index contributed by atoms with van der Waals surface area (Å²) in [5, 5.41) is 2.81. The van der Waals surface area contributed by atoms with Gasteiger partial charge in [-0.15, -0.1) is 0 Å². The van der Waals surface area contributed by atoms with Crippen LogP contribution in [-0.4, -0.2) is 17.5 Å². The van der Waals surface area contributed by atoms with Crippen LogP contribution in [-0.2, 0) is 4.79 Å². The number of hydrogen-bond donors (Lipinski definition) is 2. The van der Waals surface area contributed by atoms with Gasteiger partial charge >= 0.3 is 0 Å². The minimum Gasteiger partial charge on any atom is -0.492 e. The molecule has 0 bridgehead atoms. The van der Waals surface area contributed by atoms with Crippen LogP contribution in [0.5, 0.6) is 5.75 Å². The molecule has 3 rings (SSSR count). The van der Waals surface area contributed by atoms with Crippen LogP contribution in [0.3, 0.4) is 0 Å². The lowest BCUT2D eigenvalue weighted by atomic mass is 10.0. The summed E-state index contributed by atoms with van der Waals surface area (Å²) in [6.07, 6.45) is 1.54. The van der Waals surface area contributed by atoms with Crippen LogP contribution in [0, 0.1) is 0 Å². The minimum atomic E-state index is -0.284. The Bertz CT molecular complexity index is 610. The summed E-state index contributed by atoms with van der Waals surface area (Å²) in [7, 11) is 0. The number of carbonyl (C=O) groups is 1. The molecule has 1 aliphatic heterocycles. The quantitative estimate of drug-likeness (QED) is 0.857. The number of ether oxygens (including phenoxy) is 1. The molecule has 1 atom stereocenters. The van der Waals surface area contributed by atoms with Gasteiger partial charge in [-0.1, -0.05) is 18.2 Å². The first-order chi connectivity index (χ1) is 9.24. The van der Waals surface area contributed by atoms with Crippen molar-refractivity contribution >= 4 is 17.4 Å². The Hall–Kier alpha value is -2.56. The molecule has 1 aromatic heterocycles. The molecule has 1 aromatic carbocycles. The molecule has 5 nitrogen and oxygen atoms in total. The number of nitrogens with two attached hydrogens (primary N) is 1. The molecule has 3 N–H and O–H groups in total. The second-order valence-electron chi connectivity index (χ2n) is 4.36. The van der Waals surface area contributed by atoms with Crippen molar-refractivity contribution in [1.29, 1.82) is 0 Å². The van der Waals surface area contributed by atoms with Crippen molar-refractivity contribution in [3.05, 3.63) is 48.2 Å². The molecule has 2 aromatic rings. The number of nitrogen functional groups attached to an aromatic ring is 1. The van der Waals surface area contributed by atoms with E-state index in [1.807, 2.05) is 24.3 Å². The highest BCUT2D eigenvalue weighted by atomic mass is 16.5. The van der Waals surface area contributed by atoms with Crippen molar-refractivity contribution in [2.75, 3.05) is 17.7 Å². The monoisotopic (exact) mass is 255 g/mol. The summed E-state index contributed by atoms with van der Waals surface area (Å²) in [5.41, 5.74) is 7.05. The maximum atomic E-state index is 12.2. The molecule has 1 amide bonds. The number of benzene rings is 1. The van der Waals surface area contributed by atoms with Crippen LogP contribution in [0.25, 0.3) is 0 Å². The molecule has 19 heavy (non-hydrogen) atoms. The number of nitrogens with one attached hydrogen (secondary N) is 1. The van der Waals surface area contributed by atoms with Gasteiger partial charge in [0.2, 0.25) is 5.91 Å². The van der Waals surface area contributed by atoms with Gasteiger partial charge in [0.1, 0.15) is 24.1 Å². The zero-order valence-corrected chi connectivity index (χ0v) is 10.2. The van der Waals surface area contributed by atoms with E-state index in [0.717, 1.165) is 11.3 Å². The van der Waals surface area contributed by atoms with Crippen molar-refractivity contribution < 1.29 is 9.53 Å². The van der Waals surface area contributed by atoms with E-state index in [4.69, 9.17) is 10.5 Å². The average molecular weight is 255 g/mol. The molecular formula is C14H13N3O2. The van der Waals surface area contributed by atoms with Gasteiger partial charge in [-0.2, -0.15) is 0 Å². The molecule has 96 valence electrons. The van der Waals surface area contributed by atoms with Gasteiger partial charge in [-0.3, -0.25) is 4.79 Å². The van der Waals surface area contributed by atoms with E-state index >= 15 is 0 Å².